The number of anilines is 3. The van der Waals surface area contributed by atoms with Crippen molar-refractivity contribution in [3.63, 3.8) is 0 Å². The number of fused-ring (bicyclic) bond motifs is 9. The molecule has 0 N–H and O–H groups in total. The zero-order chi connectivity index (χ0) is 38.9. The standard InChI is InChI=1S/C56H35NO2/c1-2-13-36(14-3-1)37-25-28-40(29-26-37)57(41-30-32-48-46-20-9-11-24-53(46)59-55(48)35-41)51-22-12-21-49(50-33-38-15-4-5-16-42(38)43-17-6-7-18-44(43)50)56(51)39-27-31-47-45-19-8-10-23-52(45)58-54(47)34-39/h1-35H. The van der Waals surface area contributed by atoms with Crippen molar-refractivity contribution in [2.45, 2.75) is 0 Å². The van der Waals surface area contributed by atoms with Crippen LogP contribution in [0.2, 0.25) is 0 Å². The Kier molecular flexibility index (Phi) is 7.54. The van der Waals surface area contributed by atoms with Gasteiger partial charge in [-0.25, -0.2) is 0 Å². The highest BCUT2D eigenvalue weighted by Crippen LogP contribution is 2.49. The summed E-state index contributed by atoms with van der Waals surface area (Å²) < 4.78 is 13.1. The first-order valence-electron chi connectivity index (χ1n) is 20.1. The Morgan fingerprint density at radius 1 is 0.288 bits per heavy atom. The minimum Gasteiger partial charge on any atom is -0.456 e. The van der Waals surface area contributed by atoms with Crippen molar-refractivity contribution in [1.29, 1.82) is 0 Å². The summed E-state index contributed by atoms with van der Waals surface area (Å²) in [5, 5.41) is 9.30. The Balaban J connectivity index is 1.16. The summed E-state index contributed by atoms with van der Waals surface area (Å²) in [6.07, 6.45) is 0. The van der Waals surface area contributed by atoms with Crippen LogP contribution < -0.4 is 4.90 Å². The fraction of sp³-hybridized carbons (Fsp3) is 0. The van der Waals surface area contributed by atoms with Gasteiger partial charge in [-0.2, -0.15) is 0 Å². The largest absolute Gasteiger partial charge is 0.456 e. The Morgan fingerprint density at radius 3 is 1.58 bits per heavy atom. The Bertz CT molecular complexity index is 3560. The molecule has 0 radical (unpaired) electrons. The molecule has 0 unspecified atom stereocenters. The number of furan rings is 2. The van der Waals surface area contributed by atoms with Gasteiger partial charge in [0.05, 0.1) is 5.69 Å². The summed E-state index contributed by atoms with van der Waals surface area (Å²) in [5.41, 5.74) is 13.3. The average molecular weight is 754 g/mol. The van der Waals surface area contributed by atoms with Gasteiger partial charge >= 0.3 is 0 Å². The van der Waals surface area contributed by atoms with Gasteiger partial charge in [-0.15, -0.1) is 0 Å². The predicted molar refractivity (Wildman–Crippen MR) is 247 cm³/mol. The molecule has 0 bridgehead atoms. The van der Waals surface area contributed by atoms with E-state index < -0.39 is 0 Å². The SMILES string of the molecule is c1ccc(-c2ccc(N(c3ccc4c(c3)oc3ccccc34)c3cccc(-c4cc5ccccc5c5ccccc45)c3-c3ccc4c(c3)oc3ccccc34)cc2)cc1. The van der Waals surface area contributed by atoms with E-state index in [1.165, 1.54) is 32.7 Å². The molecule has 0 spiro atoms. The van der Waals surface area contributed by atoms with Crippen molar-refractivity contribution >= 4 is 82.5 Å². The van der Waals surface area contributed by atoms with Crippen LogP contribution in [0.1, 0.15) is 0 Å². The predicted octanol–water partition coefficient (Wildman–Crippen LogP) is 16.3. The maximum Gasteiger partial charge on any atom is 0.137 e. The number of nitrogens with zero attached hydrogens (tertiary/aromatic N) is 1. The van der Waals surface area contributed by atoms with Crippen LogP contribution in [0.15, 0.2) is 221 Å². The van der Waals surface area contributed by atoms with Gasteiger partial charge in [0.1, 0.15) is 22.3 Å². The topological polar surface area (TPSA) is 29.5 Å². The third-order valence-electron chi connectivity index (χ3n) is 11.9. The molecule has 0 fully saturated rings. The monoisotopic (exact) mass is 753 g/mol. The number of benzene rings is 10. The molecule has 0 amide bonds. The zero-order valence-electron chi connectivity index (χ0n) is 32.0. The van der Waals surface area contributed by atoms with Crippen LogP contribution in [0.4, 0.5) is 17.1 Å². The minimum absolute atomic E-state index is 0.844. The fourth-order valence-electron chi connectivity index (χ4n) is 9.13. The molecule has 2 aromatic heterocycles. The van der Waals surface area contributed by atoms with E-state index in [4.69, 9.17) is 8.83 Å². The highest BCUT2D eigenvalue weighted by Gasteiger charge is 2.24. The average Bonchev–Trinajstić information content (AvgIpc) is 3.87. The van der Waals surface area contributed by atoms with Crippen molar-refractivity contribution in [3.8, 4) is 33.4 Å². The zero-order valence-corrected chi connectivity index (χ0v) is 32.0. The van der Waals surface area contributed by atoms with Crippen molar-refractivity contribution in [2.24, 2.45) is 0 Å². The van der Waals surface area contributed by atoms with Crippen LogP contribution in [0.5, 0.6) is 0 Å². The molecule has 0 atom stereocenters. The smallest absolute Gasteiger partial charge is 0.137 e. The van der Waals surface area contributed by atoms with Crippen LogP contribution in [-0.2, 0) is 0 Å². The molecule has 3 nitrogen and oxygen atoms in total. The second-order valence-electron chi connectivity index (χ2n) is 15.2. The van der Waals surface area contributed by atoms with E-state index in [0.717, 1.165) is 83.2 Å². The maximum absolute atomic E-state index is 6.56. The van der Waals surface area contributed by atoms with E-state index in [-0.39, 0.29) is 0 Å². The van der Waals surface area contributed by atoms with E-state index in [2.05, 4.69) is 193 Å². The molecule has 0 aliphatic heterocycles. The van der Waals surface area contributed by atoms with E-state index in [1.54, 1.807) is 0 Å². The third-order valence-corrected chi connectivity index (χ3v) is 11.9. The number of hydrogen-bond donors (Lipinski definition) is 0. The molecule has 12 rings (SSSR count). The first-order chi connectivity index (χ1) is 29.2. The van der Waals surface area contributed by atoms with Crippen molar-refractivity contribution < 1.29 is 8.83 Å². The van der Waals surface area contributed by atoms with E-state index >= 15 is 0 Å². The van der Waals surface area contributed by atoms with Crippen molar-refractivity contribution in [2.75, 3.05) is 4.90 Å². The Morgan fingerprint density at radius 2 is 0.831 bits per heavy atom. The Labute approximate surface area is 340 Å². The van der Waals surface area contributed by atoms with Crippen molar-refractivity contribution in [1.82, 2.24) is 0 Å². The molecule has 276 valence electrons. The van der Waals surface area contributed by atoms with Gasteiger partial charge in [0.15, 0.2) is 0 Å². The lowest BCUT2D eigenvalue weighted by Gasteiger charge is -2.29. The second-order valence-corrected chi connectivity index (χ2v) is 15.2. The van der Waals surface area contributed by atoms with Crippen LogP contribution in [0.3, 0.4) is 0 Å². The lowest BCUT2D eigenvalue weighted by atomic mass is 9.87. The molecule has 3 heteroatoms. The first-order valence-corrected chi connectivity index (χ1v) is 20.1. The summed E-state index contributed by atoms with van der Waals surface area (Å²) in [7, 11) is 0. The van der Waals surface area contributed by atoms with Crippen LogP contribution in [0, 0.1) is 0 Å². The quantitative estimate of drug-likeness (QED) is 0.158. The third kappa shape index (κ3) is 5.44. The maximum atomic E-state index is 6.56. The molecular weight excluding hydrogens is 719 g/mol. The van der Waals surface area contributed by atoms with Gasteiger partial charge in [-0.05, 0) is 110 Å². The molecule has 59 heavy (non-hydrogen) atoms. The molecule has 0 aliphatic rings. The number of hydrogen-bond acceptors (Lipinski definition) is 3. The highest BCUT2D eigenvalue weighted by molar-refractivity contribution is 6.16. The van der Waals surface area contributed by atoms with Crippen LogP contribution >= 0.6 is 0 Å². The summed E-state index contributed by atoms with van der Waals surface area (Å²) in [5.74, 6) is 0. The lowest BCUT2D eigenvalue weighted by Crippen LogP contribution is -2.11. The molecule has 10 aromatic carbocycles. The highest BCUT2D eigenvalue weighted by atomic mass is 16.3. The minimum atomic E-state index is 0.844. The number of para-hydroxylation sites is 2. The van der Waals surface area contributed by atoms with Crippen LogP contribution in [-0.4, -0.2) is 0 Å². The van der Waals surface area contributed by atoms with E-state index in [0.29, 0.717) is 0 Å². The van der Waals surface area contributed by atoms with E-state index in [1.807, 2.05) is 24.3 Å². The molecule has 0 saturated carbocycles. The fourth-order valence-corrected chi connectivity index (χ4v) is 9.13. The summed E-state index contributed by atoms with van der Waals surface area (Å²) in [4.78, 5) is 2.38. The molecular formula is C56H35NO2. The van der Waals surface area contributed by atoms with Gasteiger partial charge in [-0.1, -0.05) is 146 Å². The molecule has 2 heterocycles. The molecule has 0 saturated heterocycles. The van der Waals surface area contributed by atoms with Gasteiger partial charge in [0.25, 0.3) is 0 Å². The number of rotatable bonds is 6. The van der Waals surface area contributed by atoms with Gasteiger partial charge in [0, 0.05) is 44.5 Å². The normalized spacial score (nSPS) is 11.7. The molecule has 12 aromatic rings. The van der Waals surface area contributed by atoms with Gasteiger partial charge < -0.3 is 13.7 Å². The summed E-state index contributed by atoms with van der Waals surface area (Å²) >= 11 is 0. The second kappa shape index (κ2) is 13.4. The first kappa shape index (κ1) is 33.3. The Hall–Kier alpha value is -7.88. The van der Waals surface area contributed by atoms with E-state index in [9.17, 15) is 0 Å². The van der Waals surface area contributed by atoms with Gasteiger partial charge in [-0.3, -0.25) is 0 Å². The molecule has 0 aliphatic carbocycles. The van der Waals surface area contributed by atoms with Crippen molar-refractivity contribution in [3.05, 3.63) is 212 Å². The summed E-state index contributed by atoms with van der Waals surface area (Å²) in [6.45, 7) is 0. The lowest BCUT2D eigenvalue weighted by molar-refractivity contribution is 0.668. The van der Waals surface area contributed by atoms with Crippen LogP contribution in [0.25, 0.3) is 98.8 Å². The summed E-state index contributed by atoms with van der Waals surface area (Å²) in [6, 6.07) is 75.9. The van der Waals surface area contributed by atoms with Gasteiger partial charge in [0.2, 0.25) is 0 Å².